The largest absolute Gasteiger partial charge is 0.397 e. The van der Waals surface area contributed by atoms with Crippen molar-refractivity contribution in [2.75, 3.05) is 11.5 Å². The van der Waals surface area contributed by atoms with Crippen LogP contribution in [0.15, 0.2) is 66.7 Å². The van der Waals surface area contributed by atoms with Crippen molar-refractivity contribution < 1.29 is 0 Å². The molecule has 0 heterocycles. The Bertz CT molecular complexity index is 1080. The molecule has 4 rings (SSSR count). The van der Waals surface area contributed by atoms with Crippen LogP contribution >= 0.6 is 0 Å². The van der Waals surface area contributed by atoms with Crippen LogP contribution in [0.4, 0.5) is 11.4 Å². The fourth-order valence-corrected chi connectivity index (χ4v) is 3.59. The van der Waals surface area contributed by atoms with Crippen molar-refractivity contribution in [1.29, 1.82) is 0 Å². The minimum Gasteiger partial charge on any atom is -0.397 e. The van der Waals surface area contributed by atoms with E-state index >= 15 is 0 Å². The van der Waals surface area contributed by atoms with Crippen molar-refractivity contribution >= 4 is 32.9 Å². The summed E-state index contributed by atoms with van der Waals surface area (Å²) in [5.41, 5.74) is 17.8. The zero-order valence-electron chi connectivity index (χ0n) is 14.6. The van der Waals surface area contributed by atoms with Gasteiger partial charge in [-0.3, -0.25) is 0 Å². The molecule has 0 atom stereocenters. The Morgan fingerprint density at radius 2 is 1.28 bits per heavy atom. The normalized spacial score (nSPS) is 11.5. The summed E-state index contributed by atoms with van der Waals surface area (Å²) in [5.74, 6) is 0.520. The molecule has 0 fully saturated rings. The molecule has 4 aromatic rings. The van der Waals surface area contributed by atoms with Crippen LogP contribution in [0.1, 0.15) is 25.3 Å². The molecule has 0 saturated carbocycles. The lowest BCUT2D eigenvalue weighted by Crippen LogP contribution is -1.99. The fraction of sp³-hybridized carbons (Fsp3) is 0.130. The van der Waals surface area contributed by atoms with Crippen molar-refractivity contribution in [2.45, 2.75) is 19.8 Å². The first-order chi connectivity index (χ1) is 12.1. The number of anilines is 2. The van der Waals surface area contributed by atoms with Crippen LogP contribution in [-0.2, 0) is 0 Å². The van der Waals surface area contributed by atoms with Gasteiger partial charge in [-0.15, -0.1) is 0 Å². The van der Waals surface area contributed by atoms with Gasteiger partial charge in [-0.25, -0.2) is 0 Å². The van der Waals surface area contributed by atoms with Gasteiger partial charge in [0.15, 0.2) is 0 Å². The van der Waals surface area contributed by atoms with Gasteiger partial charge in [0.25, 0.3) is 0 Å². The van der Waals surface area contributed by atoms with Crippen LogP contribution in [-0.4, -0.2) is 0 Å². The molecule has 124 valence electrons. The molecule has 0 bridgehead atoms. The molecule has 0 aliphatic rings. The summed E-state index contributed by atoms with van der Waals surface area (Å²) in [6, 6.07) is 23.3. The number of nitrogens with two attached hydrogens (primary N) is 2. The molecule has 25 heavy (non-hydrogen) atoms. The Morgan fingerprint density at radius 1 is 0.640 bits per heavy atom. The number of benzene rings is 4. The molecule has 0 amide bonds. The van der Waals surface area contributed by atoms with Gasteiger partial charge in [-0.2, -0.15) is 0 Å². The summed E-state index contributed by atoms with van der Waals surface area (Å²) >= 11 is 0. The lowest BCUT2D eigenvalue weighted by atomic mass is 9.91. The van der Waals surface area contributed by atoms with Crippen molar-refractivity contribution in [2.24, 2.45) is 0 Å². The summed E-state index contributed by atoms with van der Waals surface area (Å²) in [6.45, 7) is 4.41. The number of rotatable bonds is 2. The van der Waals surface area contributed by atoms with Gasteiger partial charge in [0.2, 0.25) is 0 Å². The number of nitrogen functional groups attached to an aromatic ring is 2. The summed E-state index contributed by atoms with van der Waals surface area (Å²) < 4.78 is 0. The van der Waals surface area contributed by atoms with Gasteiger partial charge in [0.05, 0.1) is 11.4 Å². The summed E-state index contributed by atoms with van der Waals surface area (Å²) in [6.07, 6.45) is 0. The molecular weight excluding hydrogens is 304 g/mol. The molecule has 0 spiro atoms. The quantitative estimate of drug-likeness (QED) is 0.272. The average molecular weight is 326 g/mol. The number of hydrogen-bond acceptors (Lipinski definition) is 2. The maximum atomic E-state index is 6.48. The lowest BCUT2D eigenvalue weighted by Gasteiger charge is -2.15. The summed E-state index contributed by atoms with van der Waals surface area (Å²) in [4.78, 5) is 0. The highest BCUT2D eigenvalue weighted by Gasteiger charge is 2.14. The van der Waals surface area contributed by atoms with Gasteiger partial charge < -0.3 is 11.5 Å². The summed E-state index contributed by atoms with van der Waals surface area (Å²) in [7, 11) is 0. The third kappa shape index (κ3) is 2.42. The number of hydrogen-bond donors (Lipinski definition) is 2. The van der Waals surface area contributed by atoms with Gasteiger partial charge >= 0.3 is 0 Å². The fourth-order valence-electron chi connectivity index (χ4n) is 3.59. The van der Waals surface area contributed by atoms with E-state index in [1.807, 2.05) is 18.2 Å². The van der Waals surface area contributed by atoms with E-state index in [-0.39, 0.29) is 0 Å². The average Bonchev–Trinajstić information content (AvgIpc) is 2.65. The molecule has 4 aromatic carbocycles. The highest BCUT2D eigenvalue weighted by Crippen LogP contribution is 2.41. The second kappa shape index (κ2) is 5.82. The third-order valence-electron chi connectivity index (χ3n) is 5.02. The molecule has 0 aliphatic carbocycles. The Hall–Kier alpha value is -3.00. The van der Waals surface area contributed by atoms with E-state index in [0.29, 0.717) is 17.3 Å². The van der Waals surface area contributed by atoms with Gasteiger partial charge in [-0.05, 0) is 33.4 Å². The van der Waals surface area contributed by atoms with E-state index in [1.165, 1.54) is 5.56 Å². The van der Waals surface area contributed by atoms with E-state index in [0.717, 1.165) is 32.7 Å². The second-order valence-electron chi connectivity index (χ2n) is 6.88. The van der Waals surface area contributed by atoms with Crippen LogP contribution < -0.4 is 11.5 Å². The van der Waals surface area contributed by atoms with Crippen LogP contribution in [0.5, 0.6) is 0 Å². The van der Waals surface area contributed by atoms with Gasteiger partial charge in [-0.1, -0.05) is 80.6 Å². The highest BCUT2D eigenvalue weighted by atomic mass is 14.7. The SMILES string of the molecule is CC(C)c1ccc(-c2cccc3c2c(N)c(N)c2ccccc23)cc1. The van der Waals surface area contributed by atoms with E-state index in [9.17, 15) is 0 Å². The zero-order valence-corrected chi connectivity index (χ0v) is 14.6. The summed E-state index contributed by atoms with van der Waals surface area (Å²) in [5, 5.41) is 4.34. The first-order valence-electron chi connectivity index (χ1n) is 8.66. The van der Waals surface area contributed by atoms with E-state index in [1.54, 1.807) is 0 Å². The van der Waals surface area contributed by atoms with Crippen molar-refractivity contribution in [3.8, 4) is 11.1 Å². The molecule has 2 nitrogen and oxygen atoms in total. The standard InChI is InChI=1S/C23H22N2/c1-14(2)15-10-12-16(13-11-15)17-8-5-9-19-18-6-3-4-7-20(18)22(24)23(25)21(17)19/h3-14H,24-25H2,1-2H3. The Kier molecular flexibility index (Phi) is 3.61. The zero-order chi connectivity index (χ0) is 17.6. The highest BCUT2D eigenvalue weighted by molar-refractivity contribution is 6.22. The number of fused-ring (bicyclic) bond motifs is 3. The Labute approximate surface area is 148 Å². The first-order valence-corrected chi connectivity index (χ1v) is 8.66. The second-order valence-corrected chi connectivity index (χ2v) is 6.88. The van der Waals surface area contributed by atoms with Crippen LogP contribution in [0.2, 0.25) is 0 Å². The van der Waals surface area contributed by atoms with Gasteiger partial charge in [0, 0.05) is 10.8 Å². The monoisotopic (exact) mass is 326 g/mol. The minimum atomic E-state index is 0.520. The Morgan fingerprint density at radius 3 is 1.96 bits per heavy atom. The molecule has 0 unspecified atom stereocenters. The smallest absolute Gasteiger partial charge is 0.0640 e. The predicted molar refractivity (Wildman–Crippen MR) is 110 cm³/mol. The molecule has 0 radical (unpaired) electrons. The van der Waals surface area contributed by atoms with Gasteiger partial charge in [0.1, 0.15) is 0 Å². The predicted octanol–water partition coefficient (Wildman–Crippen LogP) is 5.95. The van der Waals surface area contributed by atoms with Crippen molar-refractivity contribution in [1.82, 2.24) is 0 Å². The molecule has 0 saturated heterocycles. The molecule has 4 N–H and O–H groups in total. The van der Waals surface area contributed by atoms with E-state index in [2.05, 4.69) is 62.4 Å². The van der Waals surface area contributed by atoms with E-state index < -0.39 is 0 Å². The van der Waals surface area contributed by atoms with Crippen molar-refractivity contribution in [3.63, 3.8) is 0 Å². The van der Waals surface area contributed by atoms with E-state index in [4.69, 9.17) is 11.5 Å². The third-order valence-corrected chi connectivity index (χ3v) is 5.02. The Balaban J connectivity index is 2.05. The van der Waals surface area contributed by atoms with Crippen LogP contribution in [0.25, 0.3) is 32.7 Å². The minimum absolute atomic E-state index is 0.520. The molecular formula is C23H22N2. The molecule has 0 aliphatic heterocycles. The molecule has 0 aromatic heterocycles. The molecule has 2 heteroatoms. The van der Waals surface area contributed by atoms with Crippen LogP contribution in [0.3, 0.4) is 0 Å². The maximum absolute atomic E-state index is 6.48. The van der Waals surface area contributed by atoms with Crippen LogP contribution in [0, 0.1) is 0 Å². The van der Waals surface area contributed by atoms with Crippen molar-refractivity contribution in [3.05, 3.63) is 72.3 Å². The topological polar surface area (TPSA) is 52.0 Å². The maximum Gasteiger partial charge on any atom is 0.0640 e. The lowest BCUT2D eigenvalue weighted by molar-refractivity contribution is 0.867. The first kappa shape index (κ1) is 15.5.